The Bertz CT molecular complexity index is 1700. The zero-order chi connectivity index (χ0) is 33.3. The van der Waals surface area contributed by atoms with Gasteiger partial charge in [-0.3, -0.25) is 13.9 Å². The van der Waals surface area contributed by atoms with Crippen molar-refractivity contribution in [1.82, 2.24) is 10.2 Å². The van der Waals surface area contributed by atoms with Crippen LogP contribution in [0.3, 0.4) is 0 Å². The summed E-state index contributed by atoms with van der Waals surface area (Å²) in [6.45, 7) is 3.11. The number of anilines is 1. The highest BCUT2D eigenvalue weighted by Crippen LogP contribution is 2.27. The number of carbonyl (C=O) groups is 2. The van der Waals surface area contributed by atoms with Gasteiger partial charge >= 0.3 is 0 Å². The molecule has 0 fully saturated rings. The molecule has 0 aromatic heterocycles. The minimum absolute atomic E-state index is 0.0588. The first-order valence-electron chi connectivity index (χ1n) is 14.8. The fourth-order valence-electron chi connectivity index (χ4n) is 4.79. The average Bonchev–Trinajstić information content (AvgIpc) is 3.06. The summed E-state index contributed by atoms with van der Waals surface area (Å²) >= 11 is 6.12. The first kappa shape index (κ1) is 34.5. The number of halogens is 2. The Morgan fingerprint density at radius 2 is 1.52 bits per heavy atom. The maximum Gasteiger partial charge on any atom is 0.264 e. The van der Waals surface area contributed by atoms with Crippen LogP contribution in [0.4, 0.5) is 10.1 Å². The Balaban J connectivity index is 1.80. The van der Waals surface area contributed by atoms with Crippen LogP contribution in [0.25, 0.3) is 0 Å². The van der Waals surface area contributed by atoms with Crippen molar-refractivity contribution in [2.24, 2.45) is 0 Å². The third-order valence-electron chi connectivity index (χ3n) is 7.58. The molecular formula is C35H37ClFN3O5S. The molecule has 0 aliphatic carbocycles. The van der Waals surface area contributed by atoms with Gasteiger partial charge in [0, 0.05) is 24.0 Å². The van der Waals surface area contributed by atoms with E-state index in [1.54, 1.807) is 0 Å². The lowest BCUT2D eigenvalue weighted by Gasteiger charge is -2.34. The molecule has 4 aromatic carbocycles. The normalized spacial score (nSPS) is 12.5. The highest BCUT2D eigenvalue weighted by atomic mass is 35.5. The van der Waals surface area contributed by atoms with Gasteiger partial charge in [0.1, 0.15) is 24.2 Å². The molecule has 4 aromatic rings. The number of hydrogen-bond donors (Lipinski definition) is 1. The Morgan fingerprint density at radius 3 is 2.11 bits per heavy atom. The third kappa shape index (κ3) is 8.86. The van der Waals surface area contributed by atoms with Crippen molar-refractivity contribution >= 4 is 39.1 Å². The number of sulfonamides is 1. The molecule has 0 saturated carbocycles. The zero-order valence-corrected chi connectivity index (χ0v) is 27.5. The van der Waals surface area contributed by atoms with E-state index >= 15 is 0 Å². The summed E-state index contributed by atoms with van der Waals surface area (Å²) < 4.78 is 48.2. The maximum absolute atomic E-state index is 14.5. The van der Waals surface area contributed by atoms with Crippen LogP contribution in [0.1, 0.15) is 31.4 Å². The second-order valence-corrected chi connectivity index (χ2v) is 13.1. The van der Waals surface area contributed by atoms with Crippen LogP contribution < -0.4 is 14.4 Å². The molecule has 0 spiro atoms. The van der Waals surface area contributed by atoms with E-state index in [-0.39, 0.29) is 35.5 Å². The number of nitrogens with one attached hydrogen (secondary N) is 1. The van der Waals surface area contributed by atoms with Gasteiger partial charge in [0.15, 0.2) is 0 Å². The molecule has 0 bridgehead atoms. The highest BCUT2D eigenvalue weighted by Gasteiger charge is 2.35. The standard InChI is InChI=1S/C35H37ClFN3O5S/c1-4-25(2)38-35(42)33(22-26-8-6-5-7-9-26)39(23-27-10-14-29(37)15-11-27)34(41)24-40(30-16-12-28(36)13-17-30)46(43,44)32-20-18-31(45-3)19-21-32/h5-21,25,33H,4,22-24H2,1-3H3,(H,38,42). The van der Waals surface area contributed by atoms with Gasteiger partial charge in [-0.2, -0.15) is 0 Å². The molecule has 2 atom stereocenters. The number of hydrogen-bond acceptors (Lipinski definition) is 5. The lowest BCUT2D eigenvalue weighted by molar-refractivity contribution is -0.140. The Kier molecular flexibility index (Phi) is 11.8. The molecule has 0 aliphatic rings. The van der Waals surface area contributed by atoms with E-state index in [0.29, 0.717) is 22.8 Å². The average molecular weight is 666 g/mol. The maximum atomic E-state index is 14.5. The van der Waals surface area contributed by atoms with E-state index in [2.05, 4.69) is 5.32 Å². The smallest absolute Gasteiger partial charge is 0.264 e. The van der Waals surface area contributed by atoms with Gasteiger partial charge in [0.05, 0.1) is 17.7 Å². The van der Waals surface area contributed by atoms with Crippen molar-refractivity contribution in [1.29, 1.82) is 0 Å². The van der Waals surface area contributed by atoms with Gasteiger partial charge < -0.3 is 15.0 Å². The van der Waals surface area contributed by atoms with E-state index in [9.17, 15) is 22.4 Å². The molecule has 8 nitrogen and oxygen atoms in total. The molecule has 242 valence electrons. The van der Waals surface area contributed by atoms with E-state index in [1.165, 1.54) is 84.8 Å². The zero-order valence-electron chi connectivity index (χ0n) is 25.9. The van der Waals surface area contributed by atoms with Crippen LogP contribution >= 0.6 is 11.6 Å². The van der Waals surface area contributed by atoms with Gasteiger partial charge in [0.2, 0.25) is 11.8 Å². The second-order valence-electron chi connectivity index (χ2n) is 10.8. The summed E-state index contributed by atoms with van der Waals surface area (Å²) in [6.07, 6.45) is 0.836. The molecule has 11 heteroatoms. The number of rotatable bonds is 14. The van der Waals surface area contributed by atoms with Crippen molar-refractivity contribution in [3.05, 3.63) is 125 Å². The summed E-state index contributed by atoms with van der Waals surface area (Å²) in [7, 11) is -2.82. The van der Waals surface area contributed by atoms with Gasteiger partial charge in [-0.1, -0.05) is 61.0 Å². The van der Waals surface area contributed by atoms with Crippen molar-refractivity contribution in [3.63, 3.8) is 0 Å². The monoisotopic (exact) mass is 665 g/mol. The number of benzene rings is 4. The second kappa shape index (κ2) is 15.7. The SMILES string of the molecule is CCC(C)NC(=O)C(Cc1ccccc1)N(Cc1ccc(F)cc1)C(=O)CN(c1ccc(Cl)cc1)S(=O)(=O)c1ccc(OC)cc1. The van der Waals surface area contributed by atoms with Gasteiger partial charge in [0.25, 0.3) is 10.0 Å². The fourth-order valence-corrected chi connectivity index (χ4v) is 6.33. The van der Waals surface area contributed by atoms with E-state index < -0.39 is 34.3 Å². The highest BCUT2D eigenvalue weighted by molar-refractivity contribution is 7.92. The van der Waals surface area contributed by atoms with Crippen molar-refractivity contribution in [3.8, 4) is 5.75 Å². The van der Waals surface area contributed by atoms with Crippen molar-refractivity contribution < 1.29 is 27.1 Å². The fraction of sp³-hybridized carbons (Fsp3) is 0.257. The number of amides is 2. The quantitative estimate of drug-likeness (QED) is 0.172. The summed E-state index contributed by atoms with van der Waals surface area (Å²) in [6, 6.07) is 25.6. The third-order valence-corrected chi connectivity index (χ3v) is 9.62. The number of ether oxygens (including phenoxy) is 1. The molecule has 46 heavy (non-hydrogen) atoms. The minimum Gasteiger partial charge on any atom is -0.497 e. The minimum atomic E-state index is -4.29. The van der Waals surface area contributed by atoms with Crippen LogP contribution in [0.15, 0.2) is 108 Å². The van der Waals surface area contributed by atoms with E-state index in [1.807, 2.05) is 44.2 Å². The van der Waals surface area contributed by atoms with E-state index in [4.69, 9.17) is 16.3 Å². The lowest BCUT2D eigenvalue weighted by Crippen LogP contribution is -2.54. The molecule has 0 aliphatic heterocycles. The predicted octanol–water partition coefficient (Wildman–Crippen LogP) is 6.24. The van der Waals surface area contributed by atoms with Crippen LogP contribution in [-0.4, -0.2) is 50.9 Å². The Labute approximate surface area is 274 Å². The molecule has 2 amide bonds. The number of carbonyl (C=O) groups excluding carboxylic acids is 2. The van der Waals surface area contributed by atoms with Gasteiger partial charge in [-0.15, -0.1) is 0 Å². The topological polar surface area (TPSA) is 96.0 Å². The predicted molar refractivity (Wildman–Crippen MR) is 178 cm³/mol. The van der Waals surface area contributed by atoms with Gasteiger partial charge in [-0.05, 0) is 85.1 Å². The lowest BCUT2D eigenvalue weighted by atomic mass is 10.0. The molecular weight excluding hydrogens is 629 g/mol. The number of nitrogens with zero attached hydrogens (tertiary/aromatic N) is 2. The van der Waals surface area contributed by atoms with Crippen LogP contribution in [0.5, 0.6) is 5.75 Å². The largest absolute Gasteiger partial charge is 0.497 e. The van der Waals surface area contributed by atoms with Crippen LogP contribution in [0, 0.1) is 5.82 Å². The number of methoxy groups -OCH3 is 1. The molecule has 1 N–H and O–H groups in total. The Hall–Kier alpha value is -4.41. The van der Waals surface area contributed by atoms with Crippen molar-refractivity contribution in [2.45, 2.75) is 50.2 Å². The first-order valence-corrected chi connectivity index (χ1v) is 16.6. The summed E-state index contributed by atoms with van der Waals surface area (Å²) in [5, 5.41) is 3.38. The van der Waals surface area contributed by atoms with E-state index in [0.717, 1.165) is 9.87 Å². The molecule has 0 saturated heterocycles. The molecule has 4 rings (SSSR count). The summed E-state index contributed by atoms with van der Waals surface area (Å²) in [4.78, 5) is 29.6. The molecule has 0 heterocycles. The summed E-state index contributed by atoms with van der Waals surface area (Å²) in [5.74, 6) is -0.993. The molecule has 2 unspecified atom stereocenters. The first-order chi connectivity index (χ1) is 22.0. The van der Waals surface area contributed by atoms with Gasteiger partial charge in [-0.25, -0.2) is 12.8 Å². The Morgan fingerprint density at radius 1 is 0.891 bits per heavy atom. The molecule has 0 radical (unpaired) electrons. The summed E-state index contributed by atoms with van der Waals surface area (Å²) in [5.41, 5.74) is 1.59. The van der Waals surface area contributed by atoms with Crippen LogP contribution in [0.2, 0.25) is 5.02 Å². The van der Waals surface area contributed by atoms with Crippen LogP contribution in [-0.2, 0) is 32.6 Å². The van der Waals surface area contributed by atoms with Crippen molar-refractivity contribution in [2.75, 3.05) is 18.0 Å².